The molecule has 0 bridgehead atoms. The van der Waals surface area contributed by atoms with Crippen LogP contribution in [-0.2, 0) is 0 Å². The predicted octanol–water partition coefficient (Wildman–Crippen LogP) is 3.55. The molecule has 1 unspecified atom stereocenters. The zero-order valence-electron chi connectivity index (χ0n) is 12.5. The number of rotatable bonds is 3. The minimum absolute atomic E-state index is 0.138. The third kappa shape index (κ3) is 4.03. The highest BCUT2D eigenvalue weighted by molar-refractivity contribution is 5.60. The topological polar surface area (TPSA) is 24.5 Å². The van der Waals surface area contributed by atoms with Gasteiger partial charge in [-0.05, 0) is 32.4 Å². The molecule has 0 spiro atoms. The van der Waals surface area contributed by atoms with Crippen LogP contribution in [0.25, 0.3) is 0 Å². The molecule has 1 fully saturated rings. The van der Waals surface area contributed by atoms with Crippen LogP contribution in [0, 0.1) is 0 Å². The van der Waals surface area contributed by atoms with E-state index in [1.165, 1.54) is 6.07 Å². The number of nitrogens with one attached hydrogen (secondary N) is 1. The van der Waals surface area contributed by atoms with Crippen molar-refractivity contribution < 1.29 is 17.9 Å². The fourth-order valence-corrected chi connectivity index (χ4v) is 2.67. The first-order valence-corrected chi connectivity index (χ1v) is 7.08. The van der Waals surface area contributed by atoms with E-state index in [2.05, 4.69) is 10.1 Å². The van der Waals surface area contributed by atoms with Crippen molar-refractivity contribution in [2.75, 3.05) is 18.0 Å². The van der Waals surface area contributed by atoms with Gasteiger partial charge in [0, 0.05) is 24.7 Å². The van der Waals surface area contributed by atoms with Crippen molar-refractivity contribution in [2.24, 2.45) is 0 Å². The molecule has 1 aliphatic heterocycles. The van der Waals surface area contributed by atoms with Crippen LogP contribution in [0.5, 0.6) is 5.75 Å². The van der Waals surface area contributed by atoms with Gasteiger partial charge in [0.2, 0.25) is 0 Å². The number of piperazine rings is 1. The van der Waals surface area contributed by atoms with Gasteiger partial charge in [0.15, 0.2) is 5.75 Å². The molecular formula is C15H21F3N2O. The SMILES string of the molecule is CCC1CNC(C)(C)CN1c1ccccc1OC(F)(F)F. The summed E-state index contributed by atoms with van der Waals surface area (Å²) in [5.74, 6) is -0.138. The molecule has 1 N–H and O–H groups in total. The van der Waals surface area contributed by atoms with E-state index in [0.29, 0.717) is 12.2 Å². The predicted molar refractivity (Wildman–Crippen MR) is 76.6 cm³/mol. The molecule has 0 amide bonds. The third-order valence-corrected chi connectivity index (χ3v) is 3.69. The summed E-state index contributed by atoms with van der Waals surface area (Å²) in [6, 6.07) is 6.49. The summed E-state index contributed by atoms with van der Waals surface area (Å²) in [4.78, 5) is 2.01. The van der Waals surface area contributed by atoms with Crippen molar-refractivity contribution in [3.8, 4) is 5.75 Å². The highest BCUT2D eigenvalue weighted by atomic mass is 19.4. The highest BCUT2D eigenvalue weighted by Crippen LogP contribution is 2.35. The minimum atomic E-state index is -4.68. The normalized spacial score (nSPS) is 22.2. The molecule has 3 nitrogen and oxygen atoms in total. The molecule has 1 aromatic carbocycles. The Kier molecular flexibility index (Phi) is 4.37. The van der Waals surface area contributed by atoms with Gasteiger partial charge in [0.25, 0.3) is 0 Å². The van der Waals surface area contributed by atoms with E-state index in [1.54, 1.807) is 18.2 Å². The van der Waals surface area contributed by atoms with Gasteiger partial charge in [0.05, 0.1) is 5.69 Å². The number of benzene rings is 1. The summed E-state index contributed by atoms with van der Waals surface area (Å²) in [7, 11) is 0. The molecule has 21 heavy (non-hydrogen) atoms. The van der Waals surface area contributed by atoms with Crippen molar-refractivity contribution in [1.82, 2.24) is 5.32 Å². The Morgan fingerprint density at radius 3 is 2.62 bits per heavy atom. The summed E-state index contributed by atoms with van der Waals surface area (Å²) in [6.07, 6.45) is -3.83. The van der Waals surface area contributed by atoms with Gasteiger partial charge in [-0.25, -0.2) is 0 Å². The average molecular weight is 302 g/mol. The quantitative estimate of drug-likeness (QED) is 0.924. The maximum atomic E-state index is 12.6. The van der Waals surface area contributed by atoms with Crippen LogP contribution in [0.15, 0.2) is 24.3 Å². The molecule has 1 heterocycles. The summed E-state index contributed by atoms with van der Waals surface area (Å²) in [6.45, 7) is 7.48. The van der Waals surface area contributed by atoms with Crippen molar-refractivity contribution in [3.63, 3.8) is 0 Å². The fourth-order valence-electron chi connectivity index (χ4n) is 2.67. The van der Waals surface area contributed by atoms with Crippen LogP contribution in [0.4, 0.5) is 18.9 Å². The van der Waals surface area contributed by atoms with E-state index < -0.39 is 6.36 Å². The number of para-hydroxylation sites is 2. The first-order chi connectivity index (χ1) is 9.72. The second-order valence-electron chi connectivity index (χ2n) is 5.97. The first kappa shape index (κ1) is 15.9. The maximum Gasteiger partial charge on any atom is 0.573 e. The monoisotopic (exact) mass is 302 g/mol. The lowest BCUT2D eigenvalue weighted by Gasteiger charge is -2.46. The van der Waals surface area contributed by atoms with E-state index in [-0.39, 0.29) is 17.3 Å². The van der Waals surface area contributed by atoms with Crippen molar-refractivity contribution >= 4 is 5.69 Å². The molecule has 118 valence electrons. The first-order valence-electron chi connectivity index (χ1n) is 7.08. The Hall–Kier alpha value is -1.43. The summed E-state index contributed by atoms with van der Waals surface area (Å²) < 4.78 is 41.9. The Labute approximate surface area is 123 Å². The molecule has 0 aromatic heterocycles. The number of ether oxygens (including phenoxy) is 1. The Morgan fingerprint density at radius 1 is 1.33 bits per heavy atom. The number of alkyl halides is 3. The molecule has 0 aliphatic carbocycles. The van der Waals surface area contributed by atoms with Gasteiger partial charge in [0.1, 0.15) is 0 Å². The van der Waals surface area contributed by atoms with Gasteiger partial charge in [-0.1, -0.05) is 19.1 Å². The Morgan fingerprint density at radius 2 is 2.00 bits per heavy atom. The van der Waals surface area contributed by atoms with Crippen LogP contribution in [0.1, 0.15) is 27.2 Å². The second-order valence-corrected chi connectivity index (χ2v) is 5.97. The number of hydrogen-bond acceptors (Lipinski definition) is 3. The number of anilines is 1. The van der Waals surface area contributed by atoms with Gasteiger partial charge >= 0.3 is 6.36 Å². The van der Waals surface area contributed by atoms with Crippen LogP contribution >= 0.6 is 0 Å². The zero-order chi connectivity index (χ0) is 15.7. The number of hydrogen-bond donors (Lipinski definition) is 1. The standard InChI is InChI=1S/C15H21F3N2O/c1-4-11-9-19-14(2,3)10-20(11)12-7-5-6-8-13(12)21-15(16,17)18/h5-8,11,19H,4,9-10H2,1-3H3. The Balaban J connectivity index is 2.34. The van der Waals surface area contributed by atoms with Gasteiger partial charge < -0.3 is 15.0 Å². The number of nitrogens with zero attached hydrogens (tertiary/aromatic N) is 1. The zero-order valence-corrected chi connectivity index (χ0v) is 12.5. The summed E-state index contributed by atoms with van der Waals surface area (Å²) >= 11 is 0. The lowest BCUT2D eigenvalue weighted by atomic mass is 9.96. The molecule has 2 rings (SSSR count). The lowest BCUT2D eigenvalue weighted by molar-refractivity contribution is -0.274. The Bertz CT molecular complexity index is 488. The van der Waals surface area contributed by atoms with Crippen molar-refractivity contribution in [3.05, 3.63) is 24.3 Å². The van der Waals surface area contributed by atoms with E-state index in [1.807, 2.05) is 25.7 Å². The highest BCUT2D eigenvalue weighted by Gasteiger charge is 2.36. The van der Waals surface area contributed by atoms with Crippen molar-refractivity contribution in [2.45, 2.75) is 45.1 Å². The van der Waals surface area contributed by atoms with Gasteiger partial charge in [-0.15, -0.1) is 13.2 Å². The second kappa shape index (κ2) is 5.75. The van der Waals surface area contributed by atoms with E-state index in [4.69, 9.17) is 0 Å². The molecule has 1 aromatic rings. The van der Waals surface area contributed by atoms with E-state index >= 15 is 0 Å². The molecule has 1 atom stereocenters. The molecule has 0 radical (unpaired) electrons. The smallest absolute Gasteiger partial charge is 0.404 e. The maximum absolute atomic E-state index is 12.6. The van der Waals surface area contributed by atoms with E-state index in [9.17, 15) is 13.2 Å². The molecule has 0 saturated carbocycles. The summed E-state index contributed by atoms with van der Waals surface area (Å²) in [5, 5.41) is 3.42. The largest absolute Gasteiger partial charge is 0.573 e. The lowest BCUT2D eigenvalue weighted by Crippen LogP contribution is -2.61. The van der Waals surface area contributed by atoms with Crippen molar-refractivity contribution in [1.29, 1.82) is 0 Å². The average Bonchev–Trinajstić information content (AvgIpc) is 2.36. The minimum Gasteiger partial charge on any atom is -0.404 e. The molecule has 1 saturated heterocycles. The fraction of sp³-hybridized carbons (Fsp3) is 0.600. The third-order valence-electron chi connectivity index (χ3n) is 3.69. The molecule has 6 heteroatoms. The van der Waals surface area contributed by atoms with Gasteiger partial charge in [-0.3, -0.25) is 0 Å². The number of halogens is 3. The van der Waals surface area contributed by atoms with Gasteiger partial charge in [-0.2, -0.15) is 0 Å². The van der Waals surface area contributed by atoms with Crippen LogP contribution in [0.3, 0.4) is 0 Å². The van der Waals surface area contributed by atoms with Crippen LogP contribution < -0.4 is 15.0 Å². The molecular weight excluding hydrogens is 281 g/mol. The van der Waals surface area contributed by atoms with Crippen LogP contribution in [0.2, 0.25) is 0 Å². The summed E-state index contributed by atoms with van der Waals surface area (Å²) in [5.41, 5.74) is 0.341. The molecule has 1 aliphatic rings. The van der Waals surface area contributed by atoms with Crippen LogP contribution in [-0.4, -0.2) is 31.0 Å². The van der Waals surface area contributed by atoms with E-state index in [0.717, 1.165) is 13.0 Å².